The van der Waals surface area contributed by atoms with E-state index in [2.05, 4.69) is 11.1 Å². The van der Waals surface area contributed by atoms with E-state index in [1.54, 1.807) is 0 Å². The summed E-state index contributed by atoms with van der Waals surface area (Å²) in [6.45, 7) is 1.09. The molecule has 0 aromatic carbocycles. The molecule has 3 atom stereocenters. The fraction of sp³-hybridized carbons (Fsp3) is 0.688. The number of hydrogen-bond donors (Lipinski definition) is 11. The van der Waals surface area contributed by atoms with E-state index < -0.39 is 41.9 Å². The SMILES string of the molecule is N=C(N)NCCC[C@H](N)C(=O)O.NC(=O)C[C@H](N)C(=O)O.NCCCC[C@H](N)C(=O)O. The summed E-state index contributed by atoms with van der Waals surface area (Å²) in [5.41, 5.74) is 30.2. The van der Waals surface area contributed by atoms with Crippen molar-refractivity contribution in [3.05, 3.63) is 0 Å². The van der Waals surface area contributed by atoms with Gasteiger partial charge in [-0.1, -0.05) is 6.42 Å². The molecular weight excluding hydrogens is 416 g/mol. The molecule has 1 amide bonds. The van der Waals surface area contributed by atoms with Gasteiger partial charge < -0.3 is 55.0 Å². The number of hydrogen-bond acceptors (Lipinski definition) is 9. The number of rotatable bonds is 13. The second-order valence-electron chi connectivity index (χ2n) is 6.27. The van der Waals surface area contributed by atoms with Crippen molar-refractivity contribution in [2.75, 3.05) is 13.1 Å². The second kappa shape index (κ2) is 20.3. The minimum absolute atomic E-state index is 0.112. The van der Waals surface area contributed by atoms with Crippen molar-refractivity contribution in [3.63, 3.8) is 0 Å². The van der Waals surface area contributed by atoms with Crippen molar-refractivity contribution in [1.82, 2.24) is 5.32 Å². The number of amides is 1. The summed E-state index contributed by atoms with van der Waals surface area (Å²) < 4.78 is 0. The maximum Gasteiger partial charge on any atom is 0.321 e. The van der Waals surface area contributed by atoms with E-state index in [4.69, 9.17) is 49.4 Å². The summed E-state index contributed by atoms with van der Waals surface area (Å²) in [6, 6.07) is -2.70. The van der Waals surface area contributed by atoms with Crippen LogP contribution in [-0.2, 0) is 19.2 Å². The summed E-state index contributed by atoms with van der Waals surface area (Å²) in [5.74, 6) is -3.97. The standard InChI is InChI=1S/C6H14N4O2.C6H14N2O2.C4H8N2O3/c7-4(5(11)12)2-1-3-10-6(8)9;7-4-2-1-3-5(8)6(9)10;5-2(4(8)9)1-3(6)7/h4H,1-3,7H2,(H,11,12)(H4,8,9,10);5H,1-4,7-8H2,(H,9,10);2H,1,5H2,(H2,6,7)(H,8,9)/t4-;5-;2-/m000/s1. The number of unbranched alkanes of at least 4 members (excludes halogenated alkanes) is 1. The minimum Gasteiger partial charge on any atom is -0.480 e. The first-order valence-electron chi connectivity index (χ1n) is 9.27. The van der Waals surface area contributed by atoms with Gasteiger partial charge in [-0.05, 0) is 32.2 Å². The molecule has 0 saturated heterocycles. The zero-order valence-corrected chi connectivity index (χ0v) is 17.3. The van der Waals surface area contributed by atoms with Crippen molar-refractivity contribution in [2.45, 2.75) is 56.7 Å². The van der Waals surface area contributed by atoms with E-state index in [1.807, 2.05) is 0 Å². The monoisotopic (exact) mass is 452 g/mol. The van der Waals surface area contributed by atoms with Crippen LogP contribution in [0.3, 0.4) is 0 Å². The van der Waals surface area contributed by atoms with E-state index in [-0.39, 0.29) is 12.4 Å². The topological polar surface area (TPSA) is 321 Å². The van der Waals surface area contributed by atoms with Crippen LogP contribution in [0.25, 0.3) is 0 Å². The Kier molecular flexibility index (Phi) is 21.3. The number of carbonyl (C=O) groups excluding carboxylic acids is 1. The third kappa shape index (κ3) is 27.0. The van der Waals surface area contributed by atoms with Gasteiger partial charge in [-0.3, -0.25) is 24.6 Å². The first-order chi connectivity index (χ1) is 14.3. The van der Waals surface area contributed by atoms with Gasteiger partial charge in [0.2, 0.25) is 5.91 Å². The van der Waals surface area contributed by atoms with E-state index in [1.165, 1.54) is 0 Å². The van der Waals surface area contributed by atoms with Crippen molar-refractivity contribution >= 4 is 29.8 Å². The van der Waals surface area contributed by atoms with Crippen molar-refractivity contribution in [2.24, 2.45) is 34.4 Å². The number of guanidine groups is 1. The van der Waals surface area contributed by atoms with Crippen LogP contribution < -0.4 is 39.7 Å². The molecule has 0 radical (unpaired) electrons. The molecular formula is C16H36N8O7. The van der Waals surface area contributed by atoms with Gasteiger partial charge in [-0.2, -0.15) is 0 Å². The van der Waals surface area contributed by atoms with Crippen LogP contribution in [0.1, 0.15) is 38.5 Å². The molecule has 0 heterocycles. The quantitative estimate of drug-likeness (QED) is 0.0733. The Hall–Kier alpha value is -3.01. The minimum atomic E-state index is -1.21. The van der Waals surface area contributed by atoms with E-state index >= 15 is 0 Å². The van der Waals surface area contributed by atoms with Gasteiger partial charge in [-0.15, -0.1) is 0 Å². The molecule has 0 aliphatic rings. The highest BCUT2D eigenvalue weighted by molar-refractivity contribution is 5.83. The first kappa shape index (κ1) is 32.6. The molecule has 31 heavy (non-hydrogen) atoms. The van der Waals surface area contributed by atoms with Gasteiger partial charge in [0, 0.05) is 6.54 Å². The Balaban J connectivity index is -0.000000384. The van der Waals surface area contributed by atoms with Crippen LogP contribution in [-0.4, -0.2) is 76.3 Å². The van der Waals surface area contributed by atoms with Gasteiger partial charge in [-0.25, -0.2) is 0 Å². The summed E-state index contributed by atoms with van der Waals surface area (Å²) in [6.07, 6.45) is 2.83. The molecule has 0 fully saturated rings. The van der Waals surface area contributed by atoms with E-state index in [0.717, 1.165) is 12.8 Å². The lowest BCUT2D eigenvalue weighted by molar-refractivity contribution is -0.140. The average Bonchev–Trinajstić information content (AvgIpc) is 2.65. The molecule has 182 valence electrons. The van der Waals surface area contributed by atoms with Gasteiger partial charge in [0.05, 0.1) is 6.42 Å². The van der Waals surface area contributed by atoms with Gasteiger partial charge >= 0.3 is 17.9 Å². The maximum absolute atomic E-state index is 10.2. The normalized spacial score (nSPS) is 12.5. The van der Waals surface area contributed by atoms with Gasteiger partial charge in [0.25, 0.3) is 0 Å². The van der Waals surface area contributed by atoms with E-state index in [0.29, 0.717) is 32.4 Å². The van der Waals surface area contributed by atoms with Gasteiger partial charge in [0.1, 0.15) is 18.1 Å². The second-order valence-corrected chi connectivity index (χ2v) is 6.27. The zero-order chi connectivity index (χ0) is 25.0. The highest BCUT2D eigenvalue weighted by Crippen LogP contribution is 1.97. The number of carbonyl (C=O) groups is 4. The summed E-state index contributed by atoms with van der Waals surface area (Å²) in [7, 11) is 0. The molecule has 0 aliphatic carbocycles. The predicted molar refractivity (Wildman–Crippen MR) is 113 cm³/mol. The lowest BCUT2D eigenvalue weighted by Gasteiger charge is -2.06. The molecule has 0 bridgehead atoms. The molecule has 0 rings (SSSR count). The Morgan fingerprint density at radius 1 is 0.774 bits per heavy atom. The molecule has 17 N–H and O–H groups in total. The van der Waals surface area contributed by atoms with Crippen LogP contribution in [0.4, 0.5) is 0 Å². The maximum atomic E-state index is 10.2. The Labute approximate surface area is 180 Å². The van der Waals surface area contributed by atoms with Crippen LogP contribution in [0.2, 0.25) is 0 Å². The number of primary amides is 1. The number of nitrogens with two attached hydrogens (primary N) is 6. The van der Waals surface area contributed by atoms with Crippen LogP contribution in [0.5, 0.6) is 0 Å². The van der Waals surface area contributed by atoms with Crippen LogP contribution in [0, 0.1) is 5.41 Å². The smallest absolute Gasteiger partial charge is 0.321 e. The van der Waals surface area contributed by atoms with E-state index in [9.17, 15) is 19.2 Å². The molecule has 15 heteroatoms. The van der Waals surface area contributed by atoms with Crippen molar-refractivity contribution in [1.29, 1.82) is 5.41 Å². The van der Waals surface area contributed by atoms with Crippen molar-refractivity contribution < 1.29 is 34.5 Å². The van der Waals surface area contributed by atoms with Crippen LogP contribution in [0.15, 0.2) is 0 Å². The molecule has 0 aromatic rings. The lowest BCUT2D eigenvalue weighted by atomic mass is 10.1. The molecule has 0 saturated carbocycles. The Morgan fingerprint density at radius 2 is 1.19 bits per heavy atom. The number of aliphatic carboxylic acids is 3. The highest BCUT2D eigenvalue weighted by Gasteiger charge is 2.13. The first-order valence-corrected chi connectivity index (χ1v) is 9.27. The third-order valence-electron chi connectivity index (χ3n) is 3.35. The fourth-order valence-electron chi connectivity index (χ4n) is 1.60. The summed E-state index contributed by atoms with van der Waals surface area (Å²) in [4.78, 5) is 40.2. The molecule has 0 aromatic heterocycles. The largest absolute Gasteiger partial charge is 0.480 e. The molecule has 0 unspecified atom stereocenters. The van der Waals surface area contributed by atoms with Crippen molar-refractivity contribution in [3.8, 4) is 0 Å². The molecule has 0 spiro atoms. The Morgan fingerprint density at radius 3 is 1.48 bits per heavy atom. The number of carboxylic acid groups (broad SMARTS) is 3. The zero-order valence-electron chi connectivity index (χ0n) is 17.3. The highest BCUT2D eigenvalue weighted by atomic mass is 16.4. The average molecular weight is 453 g/mol. The predicted octanol–water partition coefficient (Wildman–Crippen LogP) is -3.54. The number of nitrogens with one attached hydrogen (secondary N) is 2. The summed E-state index contributed by atoms with van der Waals surface area (Å²) in [5, 5.41) is 34.1. The number of carboxylic acids is 3. The lowest BCUT2D eigenvalue weighted by Crippen LogP contribution is -2.34. The molecule has 15 nitrogen and oxygen atoms in total. The summed E-state index contributed by atoms with van der Waals surface area (Å²) >= 11 is 0. The van der Waals surface area contributed by atoms with Gasteiger partial charge in [0.15, 0.2) is 5.96 Å². The molecule has 0 aliphatic heterocycles. The third-order valence-corrected chi connectivity index (χ3v) is 3.35. The van der Waals surface area contributed by atoms with Crippen LogP contribution >= 0.6 is 0 Å². The Bertz CT molecular complexity index is 562. The fourth-order valence-corrected chi connectivity index (χ4v) is 1.60.